The molecule has 2 aromatic carbocycles. The molecule has 0 saturated heterocycles. The maximum Gasteiger partial charge on any atom is 0.455 e. The van der Waals surface area contributed by atoms with Gasteiger partial charge < -0.3 is 15.4 Å². The number of halogens is 3. The first-order chi connectivity index (χ1) is 14.5. The molecule has 1 fully saturated rings. The molecule has 31 heavy (non-hydrogen) atoms. The molecule has 0 aliphatic heterocycles. The number of hydrogen-bond acceptors (Lipinski definition) is 4. The predicted molar refractivity (Wildman–Crippen MR) is 109 cm³/mol. The Morgan fingerprint density at radius 2 is 1.81 bits per heavy atom. The van der Waals surface area contributed by atoms with Gasteiger partial charge in [0.1, 0.15) is 0 Å². The zero-order valence-electron chi connectivity index (χ0n) is 16.9. The quantitative estimate of drug-likeness (QED) is 0.558. The number of rotatable bonds is 8. The third kappa shape index (κ3) is 5.54. The molecule has 0 aromatic heterocycles. The number of aryl methyl sites for hydroxylation is 1. The fourth-order valence-electron chi connectivity index (χ4n) is 3.67. The van der Waals surface area contributed by atoms with Crippen molar-refractivity contribution in [2.24, 2.45) is 0 Å². The second-order valence-electron chi connectivity index (χ2n) is 8.07. The molecule has 3 rings (SSSR count). The van der Waals surface area contributed by atoms with E-state index in [2.05, 4.69) is 5.32 Å². The second kappa shape index (κ2) is 8.84. The van der Waals surface area contributed by atoms with Gasteiger partial charge in [-0.25, -0.2) is 0 Å². The second-order valence-corrected chi connectivity index (χ2v) is 8.07. The first-order valence-corrected chi connectivity index (χ1v) is 9.95. The first kappa shape index (κ1) is 23.0. The van der Waals surface area contributed by atoms with Gasteiger partial charge in [0.2, 0.25) is 0 Å². The highest BCUT2D eigenvalue weighted by molar-refractivity contribution is 6.43. The van der Waals surface area contributed by atoms with E-state index in [1.54, 1.807) is 0 Å². The number of amides is 1. The molecule has 3 N–H and O–H groups in total. The monoisotopic (exact) mass is 433 g/mol. The van der Waals surface area contributed by atoms with Gasteiger partial charge in [-0.15, -0.1) is 0 Å². The molecule has 1 amide bonds. The van der Waals surface area contributed by atoms with Crippen LogP contribution in [0.2, 0.25) is 5.82 Å². The Bertz CT molecular complexity index is 973. The number of hydrogen-bond donors (Lipinski definition) is 3. The van der Waals surface area contributed by atoms with Crippen molar-refractivity contribution in [3.63, 3.8) is 0 Å². The molecule has 1 aliphatic carbocycles. The van der Waals surface area contributed by atoms with Gasteiger partial charge in [0.15, 0.2) is 5.78 Å². The summed E-state index contributed by atoms with van der Waals surface area (Å²) in [6, 6.07) is 11.8. The Hall–Kier alpha value is -2.65. The number of benzene rings is 2. The third-order valence-electron chi connectivity index (χ3n) is 5.56. The molecule has 1 atom stereocenters. The van der Waals surface area contributed by atoms with E-state index in [0.29, 0.717) is 12.8 Å². The lowest BCUT2D eigenvalue weighted by Crippen LogP contribution is -2.44. The van der Waals surface area contributed by atoms with Crippen molar-refractivity contribution in [1.82, 2.24) is 5.32 Å². The van der Waals surface area contributed by atoms with Crippen molar-refractivity contribution in [3.8, 4) is 0 Å². The van der Waals surface area contributed by atoms with Gasteiger partial charge in [-0.3, -0.25) is 9.59 Å². The standard InChI is InChI=1S/C22H23BF3NO4/c1-14-5-4-6-15(11-14)12-16(23(30)31)13-19(28)21(9-10-21)27-20(29)17-7-2-3-8-18(17)22(24,25)26/h2-8,11,16,30-31H,9-10,12-13H2,1H3,(H,27,29)/t16-/m1/s1. The van der Waals surface area contributed by atoms with Crippen LogP contribution >= 0.6 is 0 Å². The summed E-state index contributed by atoms with van der Waals surface area (Å²) >= 11 is 0. The minimum atomic E-state index is -4.70. The lowest BCUT2D eigenvalue weighted by atomic mass is 9.66. The van der Waals surface area contributed by atoms with E-state index >= 15 is 0 Å². The van der Waals surface area contributed by atoms with Crippen molar-refractivity contribution in [2.75, 3.05) is 0 Å². The SMILES string of the molecule is Cc1cccc(C[C@H](CC(=O)C2(NC(=O)c3ccccc3C(F)(F)F)CC2)B(O)O)c1. The normalized spacial score (nSPS) is 15.8. The minimum Gasteiger partial charge on any atom is -0.427 e. The molecule has 0 radical (unpaired) electrons. The van der Waals surface area contributed by atoms with Crippen LogP contribution < -0.4 is 5.32 Å². The summed E-state index contributed by atoms with van der Waals surface area (Å²) in [6.45, 7) is 1.90. The summed E-state index contributed by atoms with van der Waals surface area (Å²) in [5.74, 6) is -2.19. The van der Waals surface area contributed by atoms with Crippen molar-refractivity contribution in [3.05, 3.63) is 70.8 Å². The molecule has 5 nitrogen and oxygen atoms in total. The summed E-state index contributed by atoms with van der Waals surface area (Å²) in [5, 5.41) is 22.0. The summed E-state index contributed by atoms with van der Waals surface area (Å²) in [6.07, 6.45) is -4.08. The topological polar surface area (TPSA) is 86.6 Å². The molecule has 1 aliphatic rings. The van der Waals surface area contributed by atoms with Crippen molar-refractivity contribution in [2.45, 2.75) is 50.1 Å². The van der Waals surface area contributed by atoms with Crippen molar-refractivity contribution in [1.29, 1.82) is 0 Å². The number of Topliss-reactive ketones (excluding diaryl/α,β-unsaturated/α-hetero) is 1. The molecular weight excluding hydrogens is 410 g/mol. The van der Waals surface area contributed by atoms with Crippen LogP contribution in [0.1, 0.15) is 46.3 Å². The molecule has 0 spiro atoms. The van der Waals surface area contributed by atoms with Gasteiger partial charge in [-0.1, -0.05) is 42.0 Å². The Balaban J connectivity index is 1.72. The van der Waals surface area contributed by atoms with Crippen LogP contribution in [-0.2, 0) is 17.4 Å². The van der Waals surface area contributed by atoms with Crippen molar-refractivity contribution >= 4 is 18.8 Å². The van der Waals surface area contributed by atoms with Crippen LogP contribution in [-0.4, -0.2) is 34.4 Å². The lowest BCUT2D eigenvalue weighted by molar-refractivity contribution is -0.137. The Morgan fingerprint density at radius 3 is 2.39 bits per heavy atom. The smallest absolute Gasteiger partial charge is 0.427 e. The van der Waals surface area contributed by atoms with Gasteiger partial charge in [0.05, 0.1) is 16.7 Å². The van der Waals surface area contributed by atoms with E-state index < -0.39 is 47.5 Å². The van der Waals surface area contributed by atoms with Gasteiger partial charge in [-0.2, -0.15) is 13.2 Å². The third-order valence-corrected chi connectivity index (χ3v) is 5.56. The minimum absolute atomic E-state index is 0.215. The Labute approximate surface area is 178 Å². The Kier molecular flexibility index (Phi) is 6.57. The fraction of sp³-hybridized carbons (Fsp3) is 0.364. The fourth-order valence-corrected chi connectivity index (χ4v) is 3.67. The van der Waals surface area contributed by atoms with Crippen LogP contribution in [0.4, 0.5) is 13.2 Å². The van der Waals surface area contributed by atoms with E-state index in [9.17, 15) is 32.8 Å². The van der Waals surface area contributed by atoms with Gasteiger partial charge in [-0.05, 0) is 43.9 Å². The molecule has 1 saturated carbocycles. The summed E-state index contributed by atoms with van der Waals surface area (Å²) in [4.78, 5) is 25.4. The van der Waals surface area contributed by atoms with E-state index in [1.807, 2.05) is 31.2 Å². The van der Waals surface area contributed by atoms with Crippen molar-refractivity contribution < 1.29 is 32.8 Å². The number of carbonyl (C=O) groups is 2. The van der Waals surface area contributed by atoms with Crippen LogP contribution in [0.25, 0.3) is 0 Å². The highest BCUT2D eigenvalue weighted by atomic mass is 19.4. The number of nitrogens with one attached hydrogen (secondary N) is 1. The molecule has 9 heteroatoms. The average molecular weight is 433 g/mol. The Morgan fingerprint density at radius 1 is 1.13 bits per heavy atom. The summed E-state index contributed by atoms with van der Waals surface area (Å²) in [7, 11) is -1.75. The lowest BCUT2D eigenvalue weighted by Gasteiger charge is -2.22. The average Bonchev–Trinajstić information content (AvgIpc) is 3.47. The number of carbonyl (C=O) groups excluding carboxylic acids is 2. The zero-order chi connectivity index (χ0) is 22.8. The highest BCUT2D eigenvalue weighted by Crippen LogP contribution is 2.40. The first-order valence-electron chi connectivity index (χ1n) is 9.95. The number of alkyl halides is 3. The molecular formula is C22H23BF3NO4. The zero-order valence-corrected chi connectivity index (χ0v) is 16.9. The van der Waals surface area contributed by atoms with Gasteiger partial charge in [0, 0.05) is 12.2 Å². The van der Waals surface area contributed by atoms with E-state index in [-0.39, 0.29) is 12.8 Å². The maximum atomic E-state index is 13.2. The molecule has 0 unspecified atom stereocenters. The largest absolute Gasteiger partial charge is 0.455 e. The van der Waals surface area contributed by atoms with Crippen LogP contribution in [0.3, 0.4) is 0 Å². The van der Waals surface area contributed by atoms with Crippen LogP contribution in [0, 0.1) is 6.92 Å². The molecule has 0 bridgehead atoms. The molecule has 164 valence electrons. The molecule has 0 heterocycles. The van der Waals surface area contributed by atoms with Gasteiger partial charge >= 0.3 is 13.3 Å². The summed E-state index contributed by atoms with van der Waals surface area (Å²) < 4.78 is 39.6. The van der Waals surface area contributed by atoms with Crippen LogP contribution in [0.15, 0.2) is 48.5 Å². The molecule has 2 aromatic rings. The highest BCUT2D eigenvalue weighted by Gasteiger charge is 2.52. The van der Waals surface area contributed by atoms with Crippen LogP contribution in [0.5, 0.6) is 0 Å². The summed E-state index contributed by atoms with van der Waals surface area (Å²) in [5.41, 5.74) is -1.06. The van der Waals surface area contributed by atoms with Gasteiger partial charge in [0.25, 0.3) is 5.91 Å². The number of ketones is 1. The van der Waals surface area contributed by atoms with E-state index in [0.717, 1.165) is 23.3 Å². The maximum absolute atomic E-state index is 13.2. The van der Waals surface area contributed by atoms with E-state index in [4.69, 9.17) is 0 Å². The predicted octanol–water partition coefficient (Wildman–Crippen LogP) is 3.32. The van der Waals surface area contributed by atoms with E-state index in [1.165, 1.54) is 12.1 Å².